The lowest BCUT2D eigenvalue weighted by Crippen LogP contribution is -2.26. The summed E-state index contributed by atoms with van der Waals surface area (Å²) in [5, 5.41) is 0. The Labute approximate surface area is 143 Å². The predicted octanol–water partition coefficient (Wildman–Crippen LogP) is 4.63. The van der Waals surface area contributed by atoms with Crippen molar-refractivity contribution < 1.29 is 27.4 Å². The highest BCUT2D eigenvalue weighted by molar-refractivity contribution is 5.53. The van der Waals surface area contributed by atoms with Crippen molar-refractivity contribution >= 4 is 0 Å². The summed E-state index contributed by atoms with van der Waals surface area (Å²) in [6.07, 6.45) is -1.64. The summed E-state index contributed by atoms with van der Waals surface area (Å²) in [6, 6.07) is 9.60. The summed E-state index contributed by atoms with van der Waals surface area (Å²) in [6.45, 7) is 1.19. The van der Waals surface area contributed by atoms with Crippen LogP contribution in [0.4, 0.5) is 13.2 Å². The monoisotopic (exact) mass is 350 g/mol. The van der Waals surface area contributed by atoms with E-state index in [1.165, 1.54) is 12.1 Å². The molecule has 1 saturated heterocycles. The highest BCUT2D eigenvalue weighted by Crippen LogP contribution is 2.48. The van der Waals surface area contributed by atoms with Crippen LogP contribution in [0, 0.1) is 5.82 Å². The topological polar surface area (TPSA) is 27.7 Å². The van der Waals surface area contributed by atoms with Gasteiger partial charge < -0.3 is 14.2 Å². The summed E-state index contributed by atoms with van der Waals surface area (Å²) in [7, 11) is 0. The SMILES string of the molecule is Fc1ccc(Cc2cc3c(c(C4CCOCC4)c2)OC(F)(F)O3)cc1. The summed E-state index contributed by atoms with van der Waals surface area (Å²) in [5.41, 5.74) is 2.45. The van der Waals surface area contributed by atoms with Gasteiger partial charge in [-0.15, -0.1) is 8.78 Å². The molecule has 4 rings (SSSR count). The molecule has 0 radical (unpaired) electrons. The van der Waals surface area contributed by atoms with E-state index >= 15 is 0 Å². The van der Waals surface area contributed by atoms with Gasteiger partial charge in [0, 0.05) is 18.8 Å². The van der Waals surface area contributed by atoms with Crippen molar-refractivity contribution in [2.45, 2.75) is 31.5 Å². The Balaban J connectivity index is 1.69. The molecule has 0 bridgehead atoms. The minimum absolute atomic E-state index is 0.0612. The van der Waals surface area contributed by atoms with Crippen molar-refractivity contribution in [3.05, 3.63) is 58.9 Å². The van der Waals surface area contributed by atoms with Gasteiger partial charge in [0.25, 0.3) is 0 Å². The maximum Gasteiger partial charge on any atom is 0.586 e. The third kappa shape index (κ3) is 3.44. The van der Waals surface area contributed by atoms with Crippen LogP contribution in [-0.4, -0.2) is 19.5 Å². The molecule has 2 aliphatic rings. The zero-order chi connectivity index (χ0) is 17.4. The molecule has 25 heavy (non-hydrogen) atoms. The fourth-order valence-corrected chi connectivity index (χ4v) is 3.39. The van der Waals surface area contributed by atoms with Crippen LogP contribution in [0.2, 0.25) is 0 Å². The predicted molar refractivity (Wildman–Crippen MR) is 84.6 cm³/mol. The highest BCUT2D eigenvalue weighted by Gasteiger charge is 2.45. The molecule has 2 aliphatic heterocycles. The van der Waals surface area contributed by atoms with Gasteiger partial charge in [-0.2, -0.15) is 0 Å². The number of alkyl halides is 2. The van der Waals surface area contributed by atoms with Crippen molar-refractivity contribution in [2.75, 3.05) is 13.2 Å². The molecule has 0 N–H and O–H groups in total. The molecule has 0 atom stereocenters. The number of ether oxygens (including phenoxy) is 3. The third-order valence-corrected chi connectivity index (χ3v) is 4.58. The van der Waals surface area contributed by atoms with E-state index in [1.54, 1.807) is 18.2 Å². The molecular formula is C19H17F3O3. The summed E-state index contributed by atoms with van der Waals surface area (Å²) < 4.78 is 55.0. The zero-order valence-corrected chi connectivity index (χ0v) is 13.4. The summed E-state index contributed by atoms with van der Waals surface area (Å²) >= 11 is 0. The summed E-state index contributed by atoms with van der Waals surface area (Å²) in [5.74, 6) is -0.0315. The molecule has 0 saturated carbocycles. The first-order chi connectivity index (χ1) is 12.0. The van der Waals surface area contributed by atoms with E-state index in [0.29, 0.717) is 19.6 Å². The van der Waals surface area contributed by atoms with E-state index in [-0.39, 0.29) is 23.2 Å². The number of hydrogen-bond acceptors (Lipinski definition) is 3. The number of benzene rings is 2. The molecular weight excluding hydrogens is 333 g/mol. The fourth-order valence-electron chi connectivity index (χ4n) is 3.39. The first-order valence-corrected chi connectivity index (χ1v) is 8.25. The standard InChI is InChI=1S/C19H17F3O3/c20-15-3-1-12(2-4-15)9-13-10-16(14-5-7-23-8-6-14)18-17(11-13)24-19(21,22)25-18/h1-4,10-11,14H,5-9H2. The maximum atomic E-state index is 13.6. The van der Waals surface area contributed by atoms with Gasteiger partial charge in [0.1, 0.15) is 5.82 Å². The van der Waals surface area contributed by atoms with Crippen LogP contribution in [0.1, 0.15) is 35.4 Å². The lowest BCUT2D eigenvalue weighted by molar-refractivity contribution is -0.287. The first-order valence-electron chi connectivity index (χ1n) is 8.25. The van der Waals surface area contributed by atoms with Crippen molar-refractivity contribution in [2.24, 2.45) is 0 Å². The Kier molecular flexibility index (Phi) is 4.07. The number of hydrogen-bond donors (Lipinski definition) is 0. The van der Waals surface area contributed by atoms with Gasteiger partial charge in [-0.3, -0.25) is 0 Å². The van der Waals surface area contributed by atoms with Crippen LogP contribution >= 0.6 is 0 Å². The van der Waals surface area contributed by atoms with Crippen LogP contribution in [0.15, 0.2) is 36.4 Å². The Morgan fingerprint density at radius 1 is 0.960 bits per heavy atom. The van der Waals surface area contributed by atoms with Crippen molar-refractivity contribution in [1.82, 2.24) is 0 Å². The Morgan fingerprint density at radius 2 is 1.68 bits per heavy atom. The molecule has 132 valence electrons. The van der Waals surface area contributed by atoms with E-state index < -0.39 is 6.29 Å². The molecule has 6 heteroatoms. The van der Waals surface area contributed by atoms with Gasteiger partial charge in [0.2, 0.25) is 0 Å². The smallest absolute Gasteiger partial charge is 0.395 e. The van der Waals surface area contributed by atoms with E-state index in [1.807, 2.05) is 6.07 Å². The number of fused-ring (bicyclic) bond motifs is 1. The Morgan fingerprint density at radius 3 is 2.40 bits per heavy atom. The third-order valence-electron chi connectivity index (χ3n) is 4.58. The first kappa shape index (κ1) is 16.3. The van der Waals surface area contributed by atoms with Gasteiger partial charge in [-0.25, -0.2) is 4.39 Å². The van der Waals surface area contributed by atoms with Crippen molar-refractivity contribution in [1.29, 1.82) is 0 Å². The molecule has 0 amide bonds. The molecule has 0 aromatic heterocycles. The normalized spacial score (nSPS) is 19.2. The second kappa shape index (κ2) is 6.26. The van der Waals surface area contributed by atoms with Crippen LogP contribution in [0.5, 0.6) is 11.5 Å². The number of rotatable bonds is 3. The minimum Gasteiger partial charge on any atom is -0.395 e. The molecule has 0 spiro atoms. The quantitative estimate of drug-likeness (QED) is 0.808. The second-order valence-electron chi connectivity index (χ2n) is 6.37. The Bertz CT molecular complexity index is 768. The Hall–Kier alpha value is -2.21. The van der Waals surface area contributed by atoms with Gasteiger partial charge in [0.15, 0.2) is 11.5 Å². The lowest BCUT2D eigenvalue weighted by atomic mass is 9.88. The molecule has 1 fully saturated rings. The molecule has 0 aliphatic carbocycles. The molecule has 3 nitrogen and oxygen atoms in total. The van der Waals surface area contributed by atoms with Gasteiger partial charge in [-0.05, 0) is 54.5 Å². The summed E-state index contributed by atoms with van der Waals surface area (Å²) in [4.78, 5) is 0. The second-order valence-corrected chi connectivity index (χ2v) is 6.37. The average Bonchev–Trinajstić information content (AvgIpc) is 2.91. The largest absolute Gasteiger partial charge is 0.586 e. The fraction of sp³-hybridized carbons (Fsp3) is 0.368. The highest BCUT2D eigenvalue weighted by atomic mass is 19.3. The lowest BCUT2D eigenvalue weighted by Gasteiger charge is -2.24. The maximum absolute atomic E-state index is 13.6. The molecule has 0 unspecified atom stereocenters. The van der Waals surface area contributed by atoms with Crippen LogP contribution in [-0.2, 0) is 11.2 Å². The van der Waals surface area contributed by atoms with Gasteiger partial charge >= 0.3 is 6.29 Å². The van der Waals surface area contributed by atoms with Crippen molar-refractivity contribution in [3.8, 4) is 11.5 Å². The van der Waals surface area contributed by atoms with Crippen molar-refractivity contribution in [3.63, 3.8) is 0 Å². The van der Waals surface area contributed by atoms with E-state index in [4.69, 9.17) is 9.47 Å². The van der Waals surface area contributed by atoms with E-state index in [9.17, 15) is 13.2 Å². The number of halogens is 3. The molecule has 2 aromatic rings. The van der Waals surface area contributed by atoms with Gasteiger partial charge in [-0.1, -0.05) is 18.2 Å². The minimum atomic E-state index is -3.64. The van der Waals surface area contributed by atoms with Crippen LogP contribution in [0.3, 0.4) is 0 Å². The molecule has 2 heterocycles. The van der Waals surface area contributed by atoms with Crippen LogP contribution in [0.25, 0.3) is 0 Å². The van der Waals surface area contributed by atoms with Crippen LogP contribution < -0.4 is 9.47 Å². The van der Waals surface area contributed by atoms with E-state index in [2.05, 4.69) is 4.74 Å². The van der Waals surface area contributed by atoms with E-state index in [0.717, 1.165) is 29.5 Å². The molecule has 2 aromatic carbocycles. The zero-order valence-electron chi connectivity index (χ0n) is 13.4. The van der Waals surface area contributed by atoms with Gasteiger partial charge in [0.05, 0.1) is 0 Å². The average molecular weight is 350 g/mol.